The Hall–Kier alpha value is -2.47. The zero-order valence-corrected chi connectivity index (χ0v) is 15.0. The van der Waals surface area contributed by atoms with Crippen LogP contribution in [0.25, 0.3) is 5.57 Å². The summed E-state index contributed by atoms with van der Waals surface area (Å²) in [5.41, 5.74) is 4.20. The van der Waals surface area contributed by atoms with Gasteiger partial charge in [-0.2, -0.15) is 4.98 Å². The van der Waals surface area contributed by atoms with Crippen LogP contribution in [0.1, 0.15) is 35.7 Å². The van der Waals surface area contributed by atoms with Gasteiger partial charge in [0.2, 0.25) is 11.8 Å². The number of nitrogens with zero attached hydrogens (tertiary/aromatic N) is 3. The molecule has 0 saturated carbocycles. The fourth-order valence-electron chi connectivity index (χ4n) is 2.85. The number of anilines is 1. The third kappa shape index (κ3) is 4.54. The molecule has 0 radical (unpaired) electrons. The predicted octanol–water partition coefficient (Wildman–Crippen LogP) is 2.98. The van der Waals surface area contributed by atoms with E-state index in [1.807, 2.05) is 26.0 Å². The van der Waals surface area contributed by atoms with Crippen molar-refractivity contribution < 1.29 is 9.32 Å². The SMILES string of the molecule is Cc1ccc(NC(=O)CCc2nc(C3=CCN(C)CC3)no2)c(C)c1. The van der Waals surface area contributed by atoms with Gasteiger partial charge < -0.3 is 14.7 Å². The van der Waals surface area contributed by atoms with E-state index in [4.69, 9.17) is 4.52 Å². The van der Waals surface area contributed by atoms with Gasteiger partial charge in [0.15, 0.2) is 5.82 Å². The van der Waals surface area contributed by atoms with Gasteiger partial charge in [0.25, 0.3) is 0 Å². The van der Waals surface area contributed by atoms with Crippen molar-refractivity contribution >= 4 is 17.2 Å². The number of benzene rings is 1. The number of nitrogens with one attached hydrogen (secondary N) is 1. The summed E-state index contributed by atoms with van der Waals surface area (Å²) in [7, 11) is 2.09. The fourth-order valence-corrected chi connectivity index (χ4v) is 2.85. The highest BCUT2D eigenvalue weighted by molar-refractivity contribution is 5.91. The summed E-state index contributed by atoms with van der Waals surface area (Å²) in [6.45, 7) is 5.92. The standard InChI is InChI=1S/C19H24N4O2/c1-13-4-5-16(14(2)12-13)20-17(24)6-7-18-21-19(22-25-18)15-8-10-23(3)11-9-15/h4-5,8,12H,6-7,9-11H2,1-3H3,(H,20,24). The van der Waals surface area contributed by atoms with Crippen molar-refractivity contribution in [3.63, 3.8) is 0 Å². The van der Waals surface area contributed by atoms with Gasteiger partial charge in [0.1, 0.15) is 0 Å². The minimum absolute atomic E-state index is 0.0507. The van der Waals surface area contributed by atoms with Crippen LogP contribution in [0.15, 0.2) is 28.8 Å². The van der Waals surface area contributed by atoms with E-state index in [-0.39, 0.29) is 5.91 Å². The van der Waals surface area contributed by atoms with Crippen LogP contribution in [0.2, 0.25) is 0 Å². The van der Waals surface area contributed by atoms with E-state index in [2.05, 4.69) is 39.5 Å². The average molecular weight is 340 g/mol. The van der Waals surface area contributed by atoms with Crippen LogP contribution in [0, 0.1) is 13.8 Å². The second-order valence-electron chi connectivity index (χ2n) is 6.62. The minimum Gasteiger partial charge on any atom is -0.339 e. The molecule has 1 aliphatic rings. The van der Waals surface area contributed by atoms with Gasteiger partial charge >= 0.3 is 0 Å². The summed E-state index contributed by atoms with van der Waals surface area (Å²) >= 11 is 0. The molecule has 0 aliphatic carbocycles. The fraction of sp³-hybridized carbons (Fsp3) is 0.421. The zero-order chi connectivity index (χ0) is 17.8. The van der Waals surface area contributed by atoms with Crippen LogP contribution in [-0.2, 0) is 11.2 Å². The number of carbonyl (C=O) groups excluding carboxylic acids is 1. The Labute approximate surface area is 147 Å². The molecule has 0 bridgehead atoms. The lowest BCUT2D eigenvalue weighted by molar-refractivity contribution is -0.116. The smallest absolute Gasteiger partial charge is 0.227 e. The zero-order valence-electron chi connectivity index (χ0n) is 15.0. The Kier molecular flexibility index (Phi) is 5.28. The molecule has 2 heterocycles. The summed E-state index contributed by atoms with van der Waals surface area (Å²) in [6, 6.07) is 5.97. The number of hydrogen-bond acceptors (Lipinski definition) is 5. The van der Waals surface area contributed by atoms with Crippen molar-refractivity contribution in [3.05, 3.63) is 47.1 Å². The number of aromatic nitrogens is 2. The van der Waals surface area contributed by atoms with Gasteiger partial charge in [0, 0.05) is 31.6 Å². The molecule has 3 rings (SSSR count). The summed E-state index contributed by atoms with van der Waals surface area (Å²) in [4.78, 5) is 18.8. The van der Waals surface area contributed by atoms with E-state index in [1.54, 1.807) is 0 Å². The first-order valence-electron chi connectivity index (χ1n) is 8.59. The minimum atomic E-state index is -0.0507. The summed E-state index contributed by atoms with van der Waals surface area (Å²) in [5, 5.41) is 6.98. The lowest BCUT2D eigenvalue weighted by Crippen LogP contribution is -2.23. The molecule has 6 heteroatoms. The molecule has 0 atom stereocenters. The van der Waals surface area contributed by atoms with Crippen LogP contribution < -0.4 is 5.32 Å². The third-order valence-corrected chi connectivity index (χ3v) is 4.39. The maximum Gasteiger partial charge on any atom is 0.227 e. The van der Waals surface area contributed by atoms with E-state index in [9.17, 15) is 4.79 Å². The van der Waals surface area contributed by atoms with E-state index < -0.39 is 0 Å². The number of aryl methyl sites for hydroxylation is 3. The van der Waals surface area contributed by atoms with E-state index in [0.29, 0.717) is 24.6 Å². The first-order valence-corrected chi connectivity index (χ1v) is 8.59. The average Bonchev–Trinajstić information content (AvgIpc) is 3.05. The van der Waals surface area contributed by atoms with Crippen molar-refractivity contribution in [2.45, 2.75) is 33.1 Å². The van der Waals surface area contributed by atoms with E-state index in [0.717, 1.165) is 36.3 Å². The Morgan fingerprint density at radius 2 is 2.20 bits per heavy atom. The Morgan fingerprint density at radius 1 is 1.36 bits per heavy atom. The van der Waals surface area contributed by atoms with Gasteiger partial charge in [0.05, 0.1) is 0 Å². The molecule has 0 unspecified atom stereocenters. The van der Waals surface area contributed by atoms with Crippen molar-refractivity contribution in [2.24, 2.45) is 0 Å². The molecule has 1 aliphatic heterocycles. The Morgan fingerprint density at radius 3 is 2.92 bits per heavy atom. The lowest BCUT2D eigenvalue weighted by atomic mass is 10.1. The largest absolute Gasteiger partial charge is 0.339 e. The highest BCUT2D eigenvalue weighted by Crippen LogP contribution is 2.20. The lowest BCUT2D eigenvalue weighted by Gasteiger charge is -2.19. The van der Waals surface area contributed by atoms with Gasteiger partial charge in [-0.05, 0) is 44.5 Å². The van der Waals surface area contributed by atoms with Crippen LogP contribution in [0.3, 0.4) is 0 Å². The number of rotatable bonds is 5. The van der Waals surface area contributed by atoms with Gasteiger partial charge in [-0.15, -0.1) is 0 Å². The molecule has 25 heavy (non-hydrogen) atoms. The van der Waals surface area contributed by atoms with Crippen LogP contribution in [0.4, 0.5) is 5.69 Å². The normalized spacial score (nSPS) is 15.1. The van der Waals surface area contributed by atoms with Gasteiger partial charge in [-0.1, -0.05) is 28.9 Å². The second kappa shape index (κ2) is 7.61. The van der Waals surface area contributed by atoms with Crippen LogP contribution >= 0.6 is 0 Å². The molecule has 6 nitrogen and oxygen atoms in total. The molecule has 1 amide bonds. The monoisotopic (exact) mass is 340 g/mol. The van der Waals surface area contributed by atoms with Crippen molar-refractivity contribution in [1.29, 1.82) is 0 Å². The van der Waals surface area contributed by atoms with Crippen LogP contribution in [0.5, 0.6) is 0 Å². The van der Waals surface area contributed by atoms with Gasteiger partial charge in [-0.25, -0.2) is 0 Å². The van der Waals surface area contributed by atoms with Crippen molar-refractivity contribution in [2.75, 3.05) is 25.5 Å². The van der Waals surface area contributed by atoms with E-state index >= 15 is 0 Å². The third-order valence-electron chi connectivity index (χ3n) is 4.39. The van der Waals surface area contributed by atoms with Crippen molar-refractivity contribution in [1.82, 2.24) is 15.0 Å². The maximum absolute atomic E-state index is 12.1. The van der Waals surface area contributed by atoms with Crippen molar-refractivity contribution in [3.8, 4) is 0 Å². The first kappa shape index (κ1) is 17.4. The molecule has 1 aromatic heterocycles. The first-order chi connectivity index (χ1) is 12.0. The molecule has 2 aromatic rings. The quantitative estimate of drug-likeness (QED) is 0.906. The van der Waals surface area contributed by atoms with E-state index in [1.165, 1.54) is 5.56 Å². The molecule has 0 fully saturated rings. The Balaban J connectivity index is 1.54. The number of hydrogen-bond donors (Lipinski definition) is 1. The summed E-state index contributed by atoms with van der Waals surface area (Å²) in [6.07, 6.45) is 3.81. The molecule has 0 spiro atoms. The highest BCUT2D eigenvalue weighted by Gasteiger charge is 2.16. The summed E-state index contributed by atoms with van der Waals surface area (Å²) in [5.74, 6) is 1.11. The highest BCUT2D eigenvalue weighted by atomic mass is 16.5. The molecule has 1 aromatic carbocycles. The molecule has 0 saturated heterocycles. The molecule has 1 N–H and O–H groups in total. The predicted molar refractivity (Wildman–Crippen MR) is 97.3 cm³/mol. The maximum atomic E-state index is 12.1. The number of likely N-dealkylation sites (N-methyl/N-ethyl adjacent to an activating group) is 1. The summed E-state index contributed by atoms with van der Waals surface area (Å²) < 4.78 is 5.29. The second-order valence-corrected chi connectivity index (χ2v) is 6.62. The molecular weight excluding hydrogens is 316 g/mol. The van der Waals surface area contributed by atoms with Gasteiger partial charge in [-0.3, -0.25) is 4.79 Å². The topological polar surface area (TPSA) is 71.3 Å². The molecular formula is C19H24N4O2. The van der Waals surface area contributed by atoms with Crippen LogP contribution in [-0.4, -0.2) is 41.1 Å². The number of amides is 1. The Bertz CT molecular complexity index is 794. The number of carbonyl (C=O) groups is 1. The molecule has 132 valence electrons.